The first-order chi connectivity index (χ1) is 13.5. The Morgan fingerprint density at radius 1 is 1.21 bits per heavy atom. The van der Waals surface area contributed by atoms with Crippen LogP contribution in [0, 0.1) is 11.6 Å². The highest BCUT2D eigenvalue weighted by atomic mass is 32.1. The van der Waals surface area contributed by atoms with Crippen molar-refractivity contribution >= 4 is 32.6 Å². The molecule has 8 heteroatoms. The predicted molar refractivity (Wildman–Crippen MR) is 103 cm³/mol. The third kappa shape index (κ3) is 3.33. The molecule has 146 valence electrons. The molecule has 0 aliphatic carbocycles. The van der Waals surface area contributed by atoms with Crippen LogP contribution in [0.5, 0.6) is 5.75 Å². The Morgan fingerprint density at radius 3 is 2.71 bits per heavy atom. The molecular formula is C20H18F2N2O3S. The van der Waals surface area contributed by atoms with Crippen molar-refractivity contribution in [1.82, 2.24) is 4.98 Å². The lowest BCUT2D eigenvalue weighted by atomic mass is 9.73. The van der Waals surface area contributed by atoms with Crippen molar-refractivity contribution in [1.29, 1.82) is 0 Å². The molecule has 0 saturated carbocycles. The van der Waals surface area contributed by atoms with Crippen LogP contribution in [0.25, 0.3) is 10.2 Å². The SMILES string of the molecule is COc1cc(F)cc2sc(NC(=O)C3(c4cccc(F)c4)CCOCC3)nc12. The molecule has 3 aromatic rings. The van der Waals surface area contributed by atoms with Crippen molar-refractivity contribution < 1.29 is 23.0 Å². The van der Waals surface area contributed by atoms with Crippen LogP contribution in [0.2, 0.25) is 0 Å². The number of carbonyl (C=O) groups is 1. The maximum absolute atomic E-state index is 13.8. The van der Waals surface area contributed by atoms with Crippen molar-refractivity contribution in [3.05, 3.63) is 53.6 Å². The molecule has 1 aromatic heterocycles. The number of amides is 1. The number of carbonyl (C=O) groups excluding carboxylic acids is 1. The van der Waals surface area contributed by atoms with E-state index in [9.17, 15) is 13.6 Å². The van der Waals surface area contributed by atoms with Crippen molar-refractivity contribution in [2.45, 2.75) is 18.3 Å². The summed E-state index contributed by atoms with van der Waals surface area (Å²) in [4.78, 5) is 17.7. The number of methoxy groups -OCH3 is 1. The van der Waals surface area contributed by atoms with Gasteiger partial charge in [-0.05, 0) is 36.6 Å². The summed E-state index contributed by atoms with van der Waals surface area (Å²) in [6, 6.07) is 8.69. The van der Waals surface area contributed by atoms with Crippen molar-refractivity contribution in [3.8, 4) is 5.75 Å². The van der Waals surface area contributed by atoms with Crippen LogP contribution < -0.4 is 10.1 Å². The molecule has 0 spiro atoms. The summed E-state index contributed by atoms with van der Waals surface area (Å²) in [6.07, 6.45) is 0.871. The lowest BCUT2D eigenvalue weighted by molar-refractivity contribution is -0.125. The molecule has 2 aromatic carbocycles. The van der Waals surface area contributed by atoms with Crippen LogP contribution in [0.15, 0.2) is 36.4 Å². The summed E-state index contributed by atoms with van der Waals surface area (Å²) >= 11 is 1.16. The molecule has 1 N–H and O–H groups in total. The number of nitrogens with one attached hydrogen (secondary N) is 1. The number of halogens is 2. The van der Waals surface area contributed by atoms with Gasteiger partial charge in [0.25, 0.3) is 0 Å². The quantitative estimate of drug-likeness (QED) is 0.706. The number of aromatic nitrogens is 1. The maximum Gasteiger partial charge on any atom is 0.236 e. The highest BCUT2D eigenvalue weighted by Crippen LogP contribution is 2.38. The molecule has 2 heterocycles. The summed E-state index contributed by atoms with van der Waals surface area (Å²) in [6.45, 7) is 0.811. The third-order valence-electron chi connectivity index (χ3n) is 5.02. The van der Waals surface area contributed by atoms with E-state index in [0.29, 0.717) is 52.7 Å². The van der Waals surface area contributed by atoms with Gasteiger partial charge in [0.1, 0.15) is 22.9 Å². The Bertz CT molecular complexity index is 1030. The second-order valence-corrected chi connectivity index (χ2v) is 7.66. The maximum atomic E-state index is 13.8. The first kappa shape index (κ1) is 18.8. The minimum Gasteiger partial charge on any atom is -0.494 e. The van der Waals surface area contributed by atoms with Gasteiger partial charge in [0.2, 0.25) is 5.91 Å². The van der Waals surface area contributed by atoms with Crippen LogP contribution in [0.3, 0.4) is 0 Å². The summed E-state index contributed by atoms with van der Waals surface area (Å²) in [7, 11) is 1.44. The molecular weight excluding hydrogens is 386 g/mol. The lowest BCUT2D eigenvalue weighted by Gasteiger charge is -2.36. The van der Waals surface area contributed by atoms with Gasteiger partial charge in [-0.2, -0.15) is 0 Å². The second kappa shape index (κ2) is 7.44. The highest BCUT2D eigenvalue weighted by molar-refractivity contribution is 7.22. The molecule has 1 amide bonds. The summed E-state index contributed by atoms with van der Waals surface area (Å²) in [5, 5.41) is 3.18. The molecule has 0 unspecified atom stereocenters. The topological polar surface area (TPSA) is 60.5 Å². The zero-order valence-corrected chi connectivity index (χ0v) is 15.9. The fourth-order valence-corrected chi connectivity index (χ4v) is 4.45. The van der Waals surface area contributed by atoms with E-state index in [-0.39, 0.29) is 5.91 Å². The van der Waals surface area contributed by atoms with E-state index in [0.717, 1.165) is 11.3 Å². The first-order valence-electron chi connectivity index (χ1n) is 8.81. The Balaban J connectivity index is 1.69. The van der Waals surface area contributed by atoms with Crippen LogP contribution in [0.1, 0.15) is 18.4 Å². The number of nitrogens with zero attached hydrogens (tertiary/aromatic N) is 1. The lowest BCUT2D eigenvalue weighted by Crippen LogP contribution is -2.44. The Hall–Kier alpha value is -2.58. The largest absolute Gasteiger partial charge is 0.494 e. The minimum absolute atomic E-state index is 0.278. The molecule has 1 fully saturated rings. The molecule has 28 heavy (non-hydrogen) atoms. The molecule has 0 atom stereocenters. The number of thiazole rings is 1. The normalized spacial score (nSPS) is 16.1. The van der Waals surface area contributed by atoms with Gasteiger partial charge in [0, 0.05) is 19.3 Å². The number of anilines is 1. The van der Waals surface area contributed by atoms with Crippen LogP contribution in [-0.4, -0.2) is 31.2 Å². The van der Waals surface area contributed by atoms with E-state index in [1.54, 1.807) is 12.1 Å². The molecule has 4 rings (SSSR count). The molecule has 5 nitrogen and oxygen atoms in total. The summed E-state index contributed by atoms with van der Waals surface area (Å²) in [5.74, 6) is -0.805. The average Bonchev–Trinajstić information content (AvgIpc) is 3.09. The second-order valence-electron chi connectivity index (χ2n) is 6.63. The number of rotatable bonds is 4. The van der Waals surface area contributed by atoms with Gasteiger partial charge >= 0.3 is 0 Å². The Morgan fingerprint density at radius 2 is 2.00 bits per heavy atom. The monoisotopic (exact) mass is 404 g/mol. The van der Waals surface area contributed by atoms with Crippen molar-refractivity contribution in [2.75, 3.05) is 25.6 Å². The molecule has 0 bridgehead atoms. The van der Waals surface area contributed by atoms with E-state index in [2.05, 4.69) is 10.3 Å². The molecule has 1 aliphatic heterocycles. The molecule has 1 saturated heterocycles. The van der Waals surface area contributed by atoms with E-state index in [4.69, 9.17) is 9.47 Å². The van der Waals surface area contributed by atoms with Gasteiger partial charge in [0.15, 0.2) is 5.13 Å². The summed E-state index contributed by atoms with van der Waals surface area (Å²) in [5.41, 5.74) is 0.182. The smallest absolute Gasteiger partial charge is 0.236 e. The highest BCUT2D eigenvalue weighted by Gasteiger charge is 2.42. The third-order valence-corrected chi connectivity index (χ3v) is 5.94. The van der Waals surface area contributed by atoms with Gasteiger partial charge in [-0.3, -0.25) is 4.79 Å². The van der Waals surface area contributed by atoms with Gasteiger partial charge in [-0.25, -0.2) is 13.8 Å². The fraction of sp³-hybridized carbons (Fsp3) is 0.300. The van der Waals surface area contributed by atoms with E-state index < -0.39 is 17.0 Å². The summed E-state index contributed by atoms with van der Waals surface area (Å²) < 4.78 is 38.7. The number of hydrogen-bond acceptors (Lipinski definition) is 5. The standard InChI is InChI=1S/C20H18F2N2O3S/c1-26-15-10-14(22)11-16-17(15)23-19(28-16)24-18(25)20(5-7-27-8-6-20)12-3-2-4-13(21)9-12/h2-4,9-11H,5-8H2,1H3,(H,23,24,25). The Labute approximate surface area is 164 Å². The zero-order chi connectivity index (χ0) is 19.7. The van der Waals surface area contributed by atoms with Gasteiger partial charge in [-0.1, -0.05) is 23.5 Å². The van der Waals surface area contributed by atoms with E-state index >= 15 is 0 Å². The fourth-order valence-electron chi connectivity index (χ4n) is 3.55. The zero-order valence-electron chi connectivity index (χ0n) is 15.1. The van der Waals surface area contributed by atoms with Crippen molar-refractivity contribution in [2.24, 2.45) is 0 Å². The number of hydrogen-bond donors (Lipinski definition) is 1. The number of ether oxygens (including phenoxy) is 2. The van der Waals surface area contributed by atoms with Gasteiger partial charge in [0.05, 0.1) is 17.2 Å². The average molecular weight is 404 g/mol. The van der Waals surface area contributed by atoms with Crippen LogP contribution in [0.4, 0.5) is 13.9 Å². The molecule has 1 aliphatic rings. The van der Waals surface area contributed by atoms with E-state index in [1.165, 1.54) is 31.4 Å². The minimum atomic E-state index is -0.909. The van der Waals surface area contributed by atoms with Crippen LogP contribution >= 0.6 is 11.3 Å². The van der Waals surface area contributed by atoms with Gasteiger partial charge < -0.3 is 14.8 Å². The van der Waals surface area contributed by atoms with Crippen molar-refractivity contribution in [3.63, 3.8) is 0 Å². The van der Waals surface area contributed by atoms with E-state index in [1.807, 2.05) is 0 Å². The Kier molecular flexibility index (Phi) is 4.99. The van der Waals surface area contributed by atoms with Crippen LogP contribution in [-0.2, 0) is 14.9 Å². The van der Waals surface area contributed by atoms with Gasteiger partial charge in [-0.15, -0.1) is 0 Å². The molecule has 0 radical (unpaired) electrons. The number of fused-ring (bicyclic) bond motifs is 1. The first-order valence-corrected chi connectivity index (χ1v) is 9.63. The predicted octanol–water partition coefficient (Wildman–Crippen LogP) is 4.27. The number of benzene rings is 2.